The van der Waals surface area contributed by atoms with Crippen LogP contribution in [0.5, 0.6) is 0 Å². The third-order valence-corrected chi connectivity index (χ3v) is 4.25. The van der Waals surface area contributed by atoms with Crippen LogP contribution < -0.4 is 5.32 Å². The van der Waals surface area contributed by atoms with Gasteiger partial charge in [-0.05, 0) is 18.9 Å². The van der Waals surface area contributed by atoms with Crippen molar-refractivity contribution >= 4 is 6.03 Å². The van der Waals surface area contributed by atoms with Gasteiger partial charge in [-0.15, -0.1) is 0 Å². The number of rotatable bonds is 4. The number of urea groups is 1. The van der Waals surface area contributed by atoms with E-state index < -0.39 is 0 Å². The molecule has 1 heterocycles. The summed E-state index contributed by atoms with van der Waals surface area (Å²) in [6.45, 7) is 8.41. The Balaban J connectivity index is 1.93. The molecule has 0 radical (unpaired) electrons. The van der Waals surface area contributed by atoms with Crippen molar-refractivity contribution in [2.24, 2.45) is 0 Å². The van der Waals surface area contributed by atoms with Gasteiger partial charge < -0.3 is 15.0 Å². The third-order valence-electron chi connectivity index (χ3n) is 4.25. The molecule has 1 aromatic rings. The Labute approximate surface area is 127 Å². The largest absolute Gasteiger partial charge is 0.379 e. The fourth-order valence-electron chi connectivity index (χ4n) is 2.58. The summed E-state index contributed by atoms with van der Waals surface area (Å²) in [6.07, 6.45) is 0.922. The highest BCUT2D eigenvalue weighted by atomic mass is 16.5. The monoisotopic (exact) mass is 290 g/mol. The van der Waals surface area contributed by atoms with E-state index >= 15 is 0 Å². The average Bonchev–Trinajstić information content (AvgIpc) is 2.98. The molecule has 1 unspecified atom stereocenters. The van der Waals surface area contributed by atoms with Crippen LogP contribution in [0.15, 0.2) is 24.3 Å². The number of carbonyl (C=O) groups is 1. The first-order chi connectivity index (χ1) is 9.90. The van der Waals surface area contributed by atoms with Crippen molar-refractivity contribution in [3.63, 3.8) is 0 Å². The Hall–Kier alpha value is -1.55. The van der Waals surface area contributed by atoms with Gasteiger partial charge in [-0.2, -0.15) is 0 Å². The van der Waals surface area contributed by atoms with Crippen LogP contribution in [0.25, 0.3) is 0 Å². The Morgan fingerprint density at radius 3 is 2.86 bits per heavy atom. The first-order valence-electron chi connectivity index (χ1n) is 7.56. The van der Waals surface area contributed by atoms with Crippen molar-refractivity contribution in [2.75, 3.05) is 26.8 Å². The molecule has 4 nitrogen and oxygen atoms in total. The second-order valence-electron chi connectivity index (χ2n) is 6.54. The van der Waals surface area contributed by atoms with Gasteiger partial charge in [0.2, 0.25) is 0 Å². The van der Waals surface area contributed by atoms with Gasteiger partial charge in [-0.1, -0.05) is 43.7 Å². The van der Waals surface area contributed by atoms with Crippen molar-refractivity contribution < 1.29 is 9.53 Å². The van der Waals surface area contributed by atoms with Crippen LogP contribution in [0, 0.1) is 6.92 Å². The van der Waals surface area contributed by atoms with E-state index in [9.17, 15) is 4.79 Å². The van der Waals surface area contributed by atoms with Gasteiger partial charge >= 0.3 is 6.03 Å². The number of hydrogen-bond acceptors (Lipinski definition) is 2. The second-order valence-corrected chi connectivity index (χ2v) is 6.54. The van der Waals surface area contributed by atoms with Gasteiger partial charge in [0.25, 0.3) is 0 Å². The van der Waals surface area contributed by atoms with Crippen molar-refractivity contribution in [3.05, 3.63) is 35.4 Å². The van der Waals surface area contributed by atoms with Gasteiger partial charge in [-0.25, -0.2) is 4.79 Å². The lowest BCUT2D eigenvalue weighted by molar-refractivity contribution is 0.157. The Kier molecular flexibility index (Phi) is 4.88. The SMILES string of the molecule is Cc1cccc(C(C)(C)CNC(=O)N(C)C2CCOC2)c1. The maximum absolute atomic E-state index is 12.2. The van der Waals surface area contributed by atoms with E-state index in [2.05, 4.69) is 50.4 Å². The van der Waals surface area contributed by atoms with Crippen molar-refractivity contribution in [2.45, 2.75) is 38.6 Å². The molecule has 2 rings (SSSR count). The predicted molar refractivity (Wildman–Crippen MR) is 84.6 cm³/mol. The summed E-state index contributed by atoms with van der Waals surface area (Å²) in [6, 6.07) is 8.63. The summed E-state index contributed by atoms with van der Waals surface area (Å²) < 4.78 is 5.33. The molecule has 1 fully saturated rings. The van der Waals surface area contributed by atoms with Crippen LogP contribution in [0.4, 0.5) is 4.79 Å². The highest BCUT2D eigenvalue weighted by Crippen LogP contribution is 2.23. The molecule has 0 bridgehead atoms. The summed E-state index contributed by atoms with van der Waals surface area (Å²) in [7, 11) is 1.84. The van der Waals surface area contributed by atoms with Crippen molar-refractivity contribution in [1.82, 2.24) is 10.2 Å². The van der Waals surface area contributed by atoms with E-state index in [4.69, 9.17) is 4.74 Å². The summed E-state index contributed by atoms with van der Waals surface area (Å²) in [4.78, 5) is 14.0. The molecule has 0 saturated carbocycles. The lowest BCUT2D eigenvalue weighted by Gasteiger charge is -2.29. The lowest BCUT2D eigenvalue weighted by atomic mass is 9.84. The van der Waals surface area contributed by atoms with E-state index in [1.165, 1.54) is 11.1 Å². The summed E-state index contributed by atoms with van der Waals surface area (Å²) in [5.74, 6) is 0. The molecule has 1 N–H and O–H groups in total. The van der Waals surface area contributed by atoms with E-state index in [0.29, 0.717) is 13.2 Å². The summed E-state index contributed by atoms with van der Waals surface area (Å²) >= 11 is 0. The zero-order valence-corrected chi connectivity index (χ0v) is 13.5. The highest BCUT2D eigenvalue weighted by molar-refractivity contribution is 5.74. The van der Waals surface area contributed by atoms with Gasteiger partial charge in [0, 0.05) is 25.6 Å². The third kappa shape index (κ3) is 3.97. The molecular weight excluding hydrogens is 264 g/mol. The van der Waals surface area contributed by atoms with Crippen LogP contribution in [0.2, 0.25) is 0 Å². The molecule has 1 aliphatic heterocycles. The van der Waals surface area contributed by atoms with Gasteiger partial charge in [0.15, 0.2) is 0 Å². The number of amides is 2. The summed E-state index contributed by atoms with van der Waals surface area (Å²) in [5.41, 5.74) is 2.40. The minimum atomic E-state index is -0.0886. The van der Waals surface area contributed by atoms with Crippen LogP contribution in [0.1, 0.15) is 31.4 Å². The minimum absolute atomic E-state index is 0.0220. The fraction of sp³-hybridized carbons (Fsp3) is 0.588. The molecule has 1 saturated heterocycles. The Morgan fingerprint density at radius 2 is 2.24 bits per heavy atom. The quantitative estimate of drug-likeness (QED) is 0.926. The first-order valence-corrected chi connectivity index (χ1v) is 7.56. The minimum Gasteiger partial charge on any atom is -0.379 e. The van der Waals surface area contributed by atoms with Gasteiger partial charge in [-0.3, -0.25) is 0 Å². The number of benzene rings is 1. The molecule has 0 aromatic heterocycles. The lowest BCUT2D eigenvalue weighted by Crippen LogP contribution is -2.47. The highest BCUT2D eigenvalue weighted by Gasteiger charge is 2.26. The molecule has 4 heteroatoms. The van der Waals surface area contributed by atoms with Crippen LogP contribution in [-0.2, 0) is 10.2 Å². The molecule has 1 aliphatic rings. The van der Waals surface area contributed by atoms with E-state index in [0.717, 1.165) is 13.0 Å². The number of carbonyl (C=O) groups excluding carboxylic acids is 1. The normalized spacial score (nSPS) is 18.6. The van der Waals surface area contributed by atoms with Crippen molar-refractivity contribution in [3.8, 4) is 0 Å². The number of likely N-dealkylation sites (N-methyl/N-ethyl adjacent to an activating group) is 1. The van der Waals surface area contributed by atoms with Crippen LogP contribution >= 0.6 is 0 Å². The maximum atomic E-state index is 12.2. The maximum Gasteiger partial charge on any atom is 0.317 e. The molecule has 21 heavy (non-hydrogen) atoms. The molecule has 0 aliphatic carbocycles. The van der Waals surface area contributed by atoms with Crippen LogP contribution in [0.3, 0.4) is 0 Å². The molecule has 0 spiro atoms. The molecule has 1 atom stereocenters. The number of nitrogens with one attached hydrogen (secondary N) is 1. The van der Waals surface area contributed by atoms with Crippen molar-refractivity contribution in [1.29, 1.82) is 0 Å². The predicted octanol–water partition coefficient (Wildman–Crippen LogP) is 2.70. The molecular formula is C17H26N2O2. The van der Waals surface area contributed by atoms with E-state index in [1.807, 2.05) is 7.05 Å². The van der Waals surface area contributed by atoms with Gasteiger partial charge in [0.1, 0.15) is 0 Å². The molecule has 116 valence electrons. The zero-order chi connectivity index (χ0) is 15.5. The molecule has 1 aromatic carbocycles. The standard InChI is InChI=1S/C17H26N2O2/c1-13-6-5-7-14(10-13)17(2,3)12-18-16(20)19(4)15-8-9-21-11-15/h5-7,10,15H,8-9,11-12H2,1-4H3,(H,18,20). The number of nitrogens with zero attached hydrogens (tertiary/aromatic N) is 1. The average molecular weight is 290 g/mol. The number of aryl methyl sites for hydroxylation is 1. The summed E-state index contributed by atoms with van der Waals surface area (Å²) in [5, 5.41) is 3.05. The number of hydrogen-bond donors (Lipinski definition) is 1. The Bertz CT molecular complexity index is 493. The molecule has 2 amide bonds. The smallest absolute Gasteiger partial charge is 0.317 e. The number of ether oxygens (including phenoxy) is 1. The van der Waals surface area contributed by atoms with E-state index in [-0.39, 0.29) is 17.5 Å². The first kappa shape index (κ1) is 15.8. The van der Waals surface area contributed by atoms with Gasteiger partial charge in [0.05, 0.1) is 12.6 Å². The Morgan fingerprint density at radius 1 is 1.48 bits per heavy atom. The van der Waals surface area contributed by atoms with Crippen LogP contribution in [-0.4, -0.2) is 43.8 Å². The van der Waals surface area contributed by atoms with E-state index in [1.54, 1.807) is 4.90 Å². The zero-order valence-electron chi connectivity index (χ0n) is 13.5. The second kappa shape index (κ2) is 6.48. The topological polar surface area (TPSA) is 41.6 Å². The fourth-order valence-corrected chi connectivity index (χ4v) is 2.58.